The lowest BCUT2D eigenvalue weighted by Crippen LogP contribution is -2.37. The Morgan fingerprint density at radius 1 is 1.29 bits per heavy atom. The monoisotopic (exact) mass is 233 g/mol. The molecule has 0 unspecified atom stereocenters. The molecule has 0 fully saturated rings. The van der Waals surface area contributed by atoms with E-state index in [4.69, 9.17) is 0 Å². The van der Waals surface area contributed by atoms with E-state index in [0.717, 1.165) is 11.0 Å². The zero-order valence-electron chi connectivity index (χ0n) is 10.2. The number of hydrogen-bond donors (Lipinski definition) is 0. The minimum Gasteiger partial charge on any atom is -0.331 e. The molecule has 1 aromatic heterocycles. The van der Waals surface area contributed by atoms with Crippen LogP contribution in [0.1, 0.15) is 0 Å². The first-order valence-corrected chi connectivity index (χ1v) is 5.30. The predicted molar refractivity (Wildman–Crippen MR) is 64.4 cm³/mol. The first kappa shape index (κ1) is 11.4. The Kier molecular flexibility index (Phi) is 2.95. The van der Waals surface area contributed by atoms with Crippen molar-refractivity contribution in [3.05, 3.63) is 24.3 Å². The molecule has 17 heavy (non-hydrogen) atoms. The Hall–Kier alpha value is -2.11. The van der Waals surface area contributed by atoms with Gasteiger partial charge in [0.25, 0.3) is 0 Å². The van der Waals surface area contributed by atoms with Gasteiger partial charge in [0.15, 0.2) is 0 Å². The van der Waals surface area contributed by atoms with Crippen molar-refractivity contribution in [2.75, 3.05) is 21.1 Å². The van der Waals surface area contributed by atoms with Crippen LogP contribution in [0.15, 0.2) is 24.3 Å². The maximum Gasteiger partial charge on any atom is 0.320 e. The van der Waals surface area contributed by atoms with Crippen LogP contribution in [0.3, 0.4) is 0 Å². The van der Waals surface area contributed by atoms with E-state index in [0.29, 0.717) is 6.67 Å². The standard InChI is InChI=1S/C11H15N5O/c1-14(2)11(17)15(3)8-16-10-7-5-4-6-9(10)12-13-16/h4-7H,8H2,1-3H3. The number of hydrogen-bond acceptors (Lipinski definition) is 3. The van der Waals surface area contributed by atoms with Crippen LogP contribution < -0.4 is 0 Å². The minimum absolute atomic E-state index is 0.0652. The number of fused-ring (bicyclic) bond motifs is 1. The van der Waals surface area contributed by atoms with Crippen LogP contribution in [0.5, 0.6) is 0 Å². The quantitative estimate of drug-likeness (QED) is 0.777. The SMILES string of the molecule is CN(C)C(=O)N(C)Cn1nnc2ccccc21. The highest BCUT2D eigenvalue weighted by Crippen LogP contribution is 2.10. The van der Waals surface area contributed by atoms with Crippen molar-refractivity contribution in [2.45, 2.75) is 6.67 Å². The fraction of sp³-hybridized carbons (Fsp3) is 0.364. The molecule has 1 aromatic carbocycles. The van der Waals surface area contributed by atoms with Gasteiger partial charge < -0.3 is 9.80 Å². The molecular weight excluding hydrogens is 218 g/mol. The molecule has 0 N–H and O–H groups in total. The number of amides is 2. The maximum atomic E-state index is 11.7. The van der Waals surface area contributed by atoms with Crippen LogP contribution in [0.2, 0.25) is 0 Å². The van der Waals surface area contributed by atoms with Gasteiger partial charge in [-0.05, 0) is 12.1 Å². The number of rotatable bonds is 2. The Morgan fingerprint density at radius 2 is 2.00 bits per heavy atom. The number of benzene rings is 1. The molecule has 2 amide bonds. The number of carbonyl (C=O) groups is 1. The van der Waals surface area contributed by atoms with E-state index in [-0.39, 0.29) is 6.03 Å². The molecule has 1 heterocycles. The average Bonchev–Trinajstić information content (AvgIpc) is 2.71. The van der Waals surface area contributed by atoms with Crippen LogP contribution in [0.25, 0.3) is 11.0 Å². The van der Waals surface area contributed by atoms with Gasteiger partial charge in [-0.2, -0.15) is 0 Å². The highest BCUT2D eigenvalue weighted by molar-refractivity contribution is 5.75. The second kappa shape index (κ2) is 4.40. The van der Waals surface area contributed by atoms with Gasteiger partial charge in [0.2, 0.25) is 0 Å². The van der Waals surface area contributed by atoms with E-state index >= 15 is 0 Å². The Morgan fingerprint density at radius 3 is 2.71 bits per heavy atom. The summed E-state index contributed by atoms with van der Waals surface area (Å²) in [7, 11) is 5.18. The topological polar surface area (TPSA) is 54.3 Å². The molecule has 0 bridgehead atoms. The molecule has 2 aromatic rings. The molecule has 0 aliphatic carbocycles. The summed E-state index contributed by atoms with van der Waals surface area (Å²) in [5.74, 6) is 0. The van der Waals surface area contributed by atoms with Crippen LogP contribution >= 0.6 is 0 Å². The molecule has 0 atom stereocenters. The van der Waals surface area contributed by atoms with E-state index in [1.807, 2.05) is 24.3 Å². The number of aromatic nitrogens is 3. The van der Waals surface area contributed by atoms with Gasteiger partial charge in [-0.25, -0.2) is 9.48 Å². The van der Waals surface area contributed by atoms with Crippen molar-refractivity contribution in [3.63, 3.8) is 0 Å². The summed E-state index contributed by atoms with van der Waals surface area (Å²) in [5.41, 5.74) is 1.75. The smallest absolute Gasteiger partial charge is 0.320 e. The molecular formula is C11H15N5O. The van der Waals surface area contributed by atoms with Crippen molar-refractivity contribution in [2.24, 2.45) is 0 Å². The summed E-state index contributed by atoms with van der Waals surface area (Å²) in [6.07, 6.45) is 0. The van der Waals surface area contributed by atoms with E-state index in [1.54, 1.807) is 30.7 Å². The highest BCUT2D eigenvalue weighted by Gasteiger charge is 2.12. The molecule has 6 nitrogen and oxygen atoms in total. The van der Waals surface area contributed by atoms with E-state index in [2.05, 4.69) is 10.3 Å². The molecule has 90 valence electrons. The third-order valence-electron chi connectivity index (χ3n) is 2.48. The zero-order chi connectivity index (χ0) is 12.4. The number of nitrogens with zero attached hydrogens (tertiary/aromatic N) is 5. The van der Waals surface area contributed by atoms with Gasteiger partial charge in [-0.15, -0.1) is 5.10 Å². The minimum atomic E-state index is -0.0652. The Bertz CT molecular complexity index is 533. The van der Waals surface area contributed by atoms with Crippen LogP contribution in [-0.2, 0) is 6.67 Å². The summed E-state index contributed by atoms with van der Waals surface area (Å²) in [5, 5.41) is 8.07. The van der Waals surface area contributed by atoms with E-state index < -0.39 is 0 Å². The fourth-order valence-electron chi connectivity index (χ4n) is 1.62. The second-order valence-corrected chi connectivity index (χ2v) is 4.09. The van der Waals surface area contributed by atoms with Gasteiger partial charge in [-0.1, -0.05) is 17.3 Å². The first-order chi connectivity index (χ1) is 8.09. The molecule has 6 heteroatoms. The van der Waals surface area contributed by atoms with Crippen molar-refractivity contribution in [1.29, 1.82) is 0 Å². The third-order valence-corrected chi connectivity index (χ3v) is 2.48. The van der Waals surface area contributed by atoms with Gasteiger partial charge >= 0.3 is 6.03 Å². The lowest BCUT2D eigenvalue weighted by Gasteiger charge is -2.21. The van der Waals surface area contributed by atoms with Crippen LogP contribution in [-0.4, -0.2) is 52.0 Å². The van der Waals surface area contributed by atoms with Crippen molar-refractivity contribution in [1.82, 2.24) is 24.8 Å². The van der Waals surface area contributed by atoms with Crippen LogP contribution in [0, 0.1) is 0 Å². The van der Waals surface area contributed by atoms with Gasteiger partial charge in [0, 0.05) is 21.1 Å². The van der Waals surface area contributed by atoms with Gasteiger partial charge in [0.1, 0.15) is 12.2 Å². The Balaban J connectivity index is 2.21. The normalized spacial score (nSPS) is 10.5. The van der Waals surface area contributed by atoms with Crippen molar-refractivity contribution >= 4 is 17.1 Å². The fourth-order valence-corrected chi connectivity index (χ4v) is 1.62. The van der Waals surface area contributed by atoms with Gasteiger partial charge in [0.05, 0.1) is 5.52 Å². The molecule has 0 saturated carbocycles. The van der Waals surface area contributed by atoms with Gasteiger partial charge in [-0.3, -0.25) is 0 Å². The molecule has 2 rings (SSSR count). The second-order valence-electron chi connectivity index (χ2n) is 4.09. The summed E-state index contributed by atoms with van der Waals surface area (Å²) >= 11 is 0. The lowest BCUT2D eigenvalue weighted by molar-refractivity contribution is 0.167. The molecule has 0 aliphatic heterocycles. The first-order valence-electron chi connectivity index (χ1n) is 5.30. The zero-order valence-corrected chi connectivity index (χ0v) is 10.2. The van der Waals surface area contributed by atoms with E-state index in [9.17, 15) is 4.79 Å². The lowest BCUT2D eigenvalue weighted by atomic mass is 10.3. The summed E-state index contributed by atoms with van der Waals surface area (Å²) in [6.45, 7) is 0.386. The molecule has 0 radical (unpaired) electrons. The largest absolute Gasteiger partial charge is 0.331 e. The summed E-state index contributed by atoms with van der Waals surface area (Å²) in [4.78, 5) is 14.8. The predicted octanol–water partition coefficient (Wildman–Crippen LogP) is 1.00. The summed E-state index contributed by atoms with van der Waals surface area (Å²) in [6, 6.07) is 7.60. The summed E-state index contributed by atoms with van der Waals surface area (Å²) < 4.78 is 1.71. The maximum absolute atomic E-state index is 11.7. The number of urea groups is 1. The van der Waals surface area contributed by atoms with E-state index in [1.165, 1.54) is 4.90 Å². The van der Waals surface area contributed by atoms with Crippen molar-refractivity contribution in [3.8, 4) is 0 Å². The number of carbonyl (C=O) groups excluding carboxylic acids is 1. The van der Waals surface area contributed by atoms with Crippen molar-refractivity contribution < 1.29 is 4.79 Å². The molecule has 0 spiro atoms. The average molecular weight is 233 g/mol. The Labute approximate surface area is 99.4 Å². The number of para-hydroxylation sites is 1. The molecule has 0 saturated heterocycles. The molecule has 0 aliphatic rings. The highest BCUT2D eigenvalue weighted by atomic mass is 16.2. The van der Waals surface area contributed by atoms with Crippen LogP contribution in [0.4, 0.5) is 4.79 Å². The third kappa shape index (κ3) is 2.20.